The normalized spacial score (nSPS) is 10.4. The van der Waals surface area contributed by atoms with Gasteiger partial charge in [0.05, 0.1) is 5.56 Å². The van der Waals surface area contributed by atoms with Crippen molar-refractivity contribution >= 4 is 28.6 Å². The number of hydrogen-bond acceptors (Lipinski definition) is 2. The second-order valence-electron chi connectivity index (χ2n) is 5.00. The van der Waals surface area contributed by atoms with Gasteiger partial charge in [0.1, 0.15) is 5.75 Å². The second kappa shape index (κ2) is 8.17. The summed E-state index contributed by atoms with van der Waals surface area (Å²) in [5.74, 6) is 0.267. The van der Waals surface area contributed by atoms with E-state index < -0.39 is 0 Å². The molecule has 0 radical (unpaired) electrons. The average molecular weight is 394 g/mol. The van der Waals surface area contributed by atoms with Crippen molar-refractivity contribution < 1.29 is 9.53 Å². The van der Waals surface area contributed by atoms with Gasteiger partial charge in [-0.2, -0.15) is 0 Å². The number of hydrogen-bond donors (Lipinski definition) is 0. The Hall–Kier alpha value is -1.36. The Kier molecular flexibility index (Phi) is 6.23. The fraction of sp³-hybridized carbons (Fsp3) is 0.278. The van der Waals surface area contributed by atoms with Crippen LogP contribution < -0.4 is 4.74 Å². The molecule has 0 heterocycles. The predicted molar refractivity (Wildman–Crippen MR) is 93.8 cm³/mol. The van der Waals surface area contributed by atoms with E-state index in [1.54, 1.807) is 12.1 Å². The molecule has 21 heavy (non-hydrogen) atoms. The minimum absolute atomic E-state index is 0.309. The van der Waals surface area contributed by atoms with Crippen LogP contribution in [-0.2, 0) is 6.42 Å². The molecule has 110 valence electrons. The van der Waals surface area contributed by atoms with Crippen LogP contribution in [0.25, 0.3) is 0 Å². The molecule has 0 aliphatic carbocycles. The summed E-state index contributed by atoms with van der Waals surface area (Å²) in [5, 5.41) is 0. The van der Waals surface area contributed by atoms with Gasteiger partial charge in [0, 0.05) is 3.57 Å². The van der Waals surface area contributed by atoms with Gasteiger partial charge >= 0.3 is 5.97 Å². The van der Waals surface area contributed by atoms with Gasteiger partial charge < -0.3 is 4.74 Å². The van der Waals surface area contributed by atoms with E-state index in [1.165, 1.54) is 24.8 Å². The third-order valence-electron chi connectivity index (χ3n) is 3.28. The van der Waals surface area contributed by atoms with Crippen molar-refractivity contribution in [2.45, 2.75) is 32.6 Å². The number of halogens is 1. The average Bonchev–Trinajstić information content (AvgIpc) is 2.50. The Morgan fingerprint density at radius 2 is 1.67 bits per heavy atom. The molecule has 0 N–H and O–H groups in total. The van der Waals surface area contributed by atoms with Gasteiger partial charge in [0.25, 0.3) is 0 Å². The third kappa shape index (κ3) is 5.16. The Labute approximate surface area is 139 Å². The van der Waals surface area contributed by atoms with Gasteiger partial charge in [0.15, 0.2) is 0 Å². The molecular weight excluding hydrogens is 375 g/mol. The molecule has 0 saturated heterocycles. The van der Waals surface area contributed by atoms with Crippen molar-refractivity contribution in [3.8, 4) is 5.75 Å². The van der Waals surface area contributed by atoms with Crippen LogP contribution in [0.15, 0.2) is 48.5 Å². The number of aryl methyl sites for hydroxylation is 1. The first-order valence-corrected chi connectivity index (χ1v) is 8.33. The maximum Gasteiger partial charge on any atom is 0.343 e. The summed E-state index contributed by atoms with van der Waals surface area (Å²) in [4.78, 5) is 12.0. The summed E-state index contributed by atoms with van der Waals surface area (Å²) in [6.07, 6.45) is 4.74. The first kappa shape index (κ1) is 16.0. The van der Waals surface area contributed by atoms with Crippen molar-refractivity contribution in [1.29, 1.82) is 0 Å². The van der Waals surface area contributed by atoms with E-state index >= 15 is 0 Å². The third-order valence-corrected chi connectivity index (χ3v) is 4.00. The quantitative estimate of drug-likeness (QED) is 0.290. The molecular formula is C18H19IO2. The molecule has 0 unspecified atom stereocenters. The maximum atomic E-state index is 12.0. The molecule has 0 aliphatic rings. The van der Waals surface area contributed by atoms with Gasteiger partial charge in [-0.1, -0.05) is 31.9 Å². The summed E-state index contributed by atoms with van der Waals surface area (Å²) in [6.45, 7) is 2.20. The fourth-order valence-corrected chi connectivity index (χ4v) is 2.41. The highest BCUT2D eigenvalue weighted by molar-refractivity contribution is 14.1. The number of unbranched alkanes of at least 4 members (excludes halogenated alkanes) is 2. The van der Waals surface area contributed by atoms with Crippen molar-refractivity contribution in [3.63, 3.8) is 0 Å². The Bertz CT molecular complexity index is 573. The first-order chi connectivity index (χ1) is 10.2. The van der Waals surface area contributed by atoms with Crippen LogP contribution in [0, 0.1) is 3.57 Å². The molecule has 0 atom stereocenters. The number of benzene rings is 2. The Balaban J connectivity index is 1.94. The van der Waals surface area contributed by atoms with Crippen LogP contribution in [0.5, 0.6) is 5.75 Å². The highest BCUT2D eigenvalue weighted by atomic mass is 127. The molecule has 0 fully saturated rings. The van der Waals surface area contributed by atoms with Gasteiger partial charge in [-0.25, -0.2) is 4.79 Å². The van der Waals surface area contributed by atoms with Crippen LogP contribution in [0.3, 0.4) is 0 Å². The molecule has 2 nitrogen and oxygen atoms in total. The van der Waals surface area contributed by atoms with E-state index in [9.17, 15) is 4.79 Å². The lowest BCUT2D eigenvalue weighted by Gasteiger charge is -2.06. The molecule has 0 aromatic heterocycles. The minimum atomic E-state index is -0.309. The zero-order valence-corrected chi connectivity index (χ0v) is 14.3. The standard InChI is InChI=1S/C18H19IO2/c1-2-3-4-5-14-6-8-15(9-7-14)18(20)21-17-12-10-16(19)11-13-17/h6-13H,2-5H2,1H3. The first-order valence-electron chi connectivity index (χ1n) is 7.25. The van der Waals surface area contributed by atoms with E-state index in [4.69, 9.17) is 4.74 Å². The summed E-state index contributed by atoms with van der Waals surface area (Å²) in [6, 6.07) is 15.2. The summed E-state index contributed by atoms with van der Waals surface area (Å²) >= 11 is 2.22. The van der Waals surface area contributed by atoms with Crippen LogP contribution in [0.2, 0.25) is 0 Å². The second-order valence-corrected chi connectivity index (χ2v) is 6.24. The fourth-order valence-electron chi connectivity index (χ4n) is 2.06. The molecule has 0 amide bonds. The Morgan fingerprint density at radius 1 is 1.00 bits per heavy atom. The van der Waals surface area contributed by atoms with Gasteiger partial charge in [-0.05, 0) is 77.4 Å². The van der Waals surface area contributed by atoms with E-state index in [0.29, 0.717) is 11.3 Å². The van der Waals surface area contributed by atoms with E-state index in [2.05, 4.69) is 29.5 Å². The maximum absolute atomic E-state index is 12.0. The van der Waals surface area contributed by atoms with Gasteiger partial charge in [-0.15, -0.1) is 0 Å². The van der Waals surface area contributed by atoms with Crippen molar-refractivity contribution in [1.82, 2.24) is 0 Å². The van der Waals surface area contributed by atoms with E-state index in [-0.39, 0.29) is 5.97 Å². The zero-order valence-electron chi connectivity index (χ0n) is 12.1. The number of ether oxygens (including phenoxy) is 1. The van der Waals surface area contributed by atoms with Gasteiger partial charge in [0.2, 0.25) is 0 Å². The smallest absolute Gasteiger partial charge is 0.343 e. The Morgan fingerprint density at radius 3 is 2.29 bits per heavy atom. The zero-order chi connectivity index (χ0) is 15.1. The highest BCUT2D eigenvalue weighted by Gasteiger charge is 2.08. The predicted octanol–water partition coefficient (Wildman–Crippen LogP) is 5.24. The molecule has 0 aliphatic heterocycles. The molecule has 2 rings (SSSR count). The van der Waals surface area contributed by atoms with Crippen molar-refractivity contribution in [2.24, 2.45) is 0 Å². The largest absolute Gasteiger partial charge is 0.423 e. The van der Waals surface area contributed by atoms with Crippen LogP contribution in [-0.4, -0.2) is 5.97 Å². The van der Waals surface area contributed by atoms with Crippen molar-refractivity contribution in [3.05, 3.63) is 63.2 Å². The topological polar surface area (TPSA) is 26.3 Å². The van der Waals surface area contributed by atoms with E-state index in [0.717, 1.165) is 9.99 Å². The van der Waals surface area contributed by atoms with Crippen molar-refractivity contribution in [2.75, 3.05) is 0 Å². The minimum Gasteiger partial charge on any atom is -0.423 e. The lowest BCUT2D eigenvalue weighted by Crippen LogP contribution is -2.08. The van der Waals surface area contributed by atoms with Crippen LogP contribution in [0.4, 0.5) is 0 Å². The lowest BCUT2D eigenvalue weighted by atomic mass is 10.1. The SMILES string of the molecule is CCCCCc1ccc(C(=O)Oc2ccc(I)cc2)cc1. The molecule has 0 saturated carbocycles. The lowest BCUT2D eigenvalue weighted by molar-refractivity contribution is 0.0735. The number of esters is 1. The number of rotatable bonds is 6. The van der Waals surface area contributed by atoms with Crippen LogP contribution >= 0.6 is 22.6 Å². The molecule has 3 heteroatoms. The number of carbonyl (C=O) groups is 1. The monoisotopic (exact) mass is 394 g/mol. The van der Waals surface area contributed by atoms with Gasteiger partial charge in [-0.3, -0.25) is 0 Å². The molecule has 2 aromatic carbocycles. The summed E-state index contributed by atoms with van der Waals surface area (Å²) < 4.78 is 6.47. The molecule has 2 aromatic rings. The highest BCUT2D eigenvalue weighted by Crippen LogP contribution is 2.16. The number of carbonyl (C=O) groups excluding carboxylic acids is 1. The summed E-state index contributed by atoms with van der Waals surface area (Å²) in [5.41, 5.74) is 1.86. The van der Waals surface area contributed by atoms with Crippen LogP contribution in [0.1, 0.15) is 42.1 Å². The molecule has 0 spiro atoms. The summed E-state index contributed by atoms with van der Waals surface area (Å²) in [7, 11) is 0. The van der Waals surface area contributed by atoms with E-state index in [1.807, 2.05) is 36.4 Å². The molecule has 0 bridgehead atoms.